The molecule has 1 unspecified atom stereocenters. The zero-order valence-corrected chi connectivity index (χ0v) is 17.4. The molecule has 2 aromatic rings. The van der Waals surface area contributed by atoms with E-state index in [1.807, 2.05) is 44.4 Å². The van der Waals surface area contributed by atoms with Gasteiger partial charge in [0.05, 0.1) is 18.8 Å². The molecule has 28 heavy (non-hydrogen) atoms. The Morgan fingerprint density at radius 3 is 2.21 bits per heavy atom. The van der Waals surface area contributed by atoms with Crippen molar-refractivity contribution in [3.8, 4) is 0 Å². The van der Waals surface area contributed by atoms with Crippen LogP contribution in [0.25, 0.3) is 0 Å². The van der Waals surface area contributed by atoms with Gasteiger partial charge in [-0.05, 0) is 38.1 Å². The minimum Gasteiger partial charge on any atom is -0.379 e. The summed E-state index contributed by atoms with van der Waals surface area (Å²) in [5.41, 5.74) is 2.69. The first-order chi connectivity index (χ1) is 13.5. The Kier molecular flexibility index (Phi) is 7.00. The number of carbonyl (C=O) groups is 1. The summed E-state index contributed by atoms with van der Waals surface area (Å²) in [5, 5.41) is 0. The average Bonchev–Trinajstić information content (AvgIpc) is 2.73. The van der Waals surface area contributed by atoms with Gasteiger partial charge in [0.15, 0.2) is 5.78 Å². The second-order valence-electron chi connectivity index (χ2n) is 7.86. The molecular formula is C24H32N2O2. The van der Waals surface area contributed by atoms with E-state index in [1.54, 1.807) is 0 Å². The Bertz CT molecular complexity index is 752. The summed E-state index contributed by atoms with van der Waals surface area (Å²) in [7, 11) is 4.02. The lowest BCUT2D eigenvalue weighted by atomic mass is 9.80. The van der Waals surface area contributed by atoms with Crippen LogP contribution in [0, 0.1) is 0 Å². The van der Waals surface area contributed by atoms with Gasteiger partial charge in [-0.1, -0.05) is 61.5 Å². The zero-order chi connectivity index (χ0) is 20.0. The van der Waals surface area contributed by atoms with Crippen molar-refractivity contribution >= 4 is 5.78 Å². The Morgan fingerprint density at radius 1 is 1.00 bits per heavy atom. The first-order valence-electron chi connectivity index (χ1n) is 10.2. The Hall–Kier alpha value is -2.01. The summed E-state index contributed by atoms with van der Waals surface area (Å²) in [6, 6.07) is 18.5. The van der Waals surface area contributed by atoms with Crippen LogP contribution in [0.1, 0.15) is 34.8 Å². The Labute approximate surface area is 169 Å². The summed E-state index contributed by atoms with van der Waals surface area (Å²) in [5.74, 6) is 0.196. The molecule has 0 bridgehead atoms. The summed E-state index contributed by atoms with van der Waals surface area (Å²) in [6.07, 6.45) is 1.48. The Balaban J connectivity index is 1.78. The van der Waals surface area contributed by atoms with E-state index in [1.165, 1.54) is 11.1 Å². The molecule has 1 atom stereocenters. The molecule has 150 valence electrons. The minimum atomic E-state index is -0.535. The molecule has 2 aromatic carbocycles. The van der Waals surface area contributed by atoms with Crippen molar-refractivity contribution in [2.75, 3.05) is 40.4 Å². The minimum absolute atomic E-state index is 0.196. The number of nitrogens with zero attached hydrogens (tertiary/aromatic N) is 2. The van der Waals surface area contributed by atoms with E-state index in [4.69, 9.17) is 4.74 Å². The van der Waals surface area contributed by atoms with Gasteiger partial charge >= 0.3 is 0 Å². The fraction of sp³-hybridized carbons (Fsp3) is 0.458. The van der Waals surface area contributed by atoms with Gasteiger partial charge in [-0.2, -0.15) is 0 Å². The number of hydrogen-bond donors (Lipinski definition) is 0. The van der Waals surface area contributed by atoms with Gasteiger partial charge in [-0.15, -0.1) is 0 Å². The summed E-state index contributed by atoms with van der Waals surface area (Å²) in [6.45, 7) is 6.56. The molecule has 0 spiro atoms. The number of carbonyl (C=O) groups excluding carboxylic acids is 1. The number of Topliss-reactive ketones (excluding diaryl/α,β-unsaturated/α-hetero) is 1. The normalized spacial score (nSPS) is 17.4. The molecule has 4 nitrogen and oxygen atoms in total. The predicted octanol–water partition coefficient (Wildman–Crippen LogP) is 3.65. The molecule has 1 aliphatic heterocycles. The molecule has 0 N–H and O–H groups in total. The van der Waals surface area contributed by atoms with Crippen LogP contribution in [0.5, 0.6) is 0 Å². The lowest BCUT2D eigenvalue weighted by molar-refractivity contribution is 0.0342. The highest BCUT2D eigenvalue weighted by Gasteiger charge is 2.39. The quantitative estimate of drug-likeness (QED) is 0.655. The number of benzene rings is 2. The second-order valence-corrected chi connectivity index (χ2v) is 7.86. The van der Waals surface area contributed by atoms with Crippen molar-refractivity contribution in [3.63, 3.8) is 0 Å². The SMILES string of the molecule is CCC(Cc1ccccc1)(C(=O)c1ccc(CN2CCOCC2)cc1)N(C)C. The van der Waals surface area contributed by atoms with Crippen LogP contribution in [0.15, 0.2) is 54.6 Å². The number of hydrogen-bond acceptors (Lipinski definition) is 4. The lowest BCUT2D eigenvalue weighted by Crippen LogP contribution is -2.52. The molecule has 0 radical (unpaired) electrons. The van der Waals surface area contributed by atoms with Crippen LogP contribution < -0.4 is 0 Å². The van der Waals surface area contributed by atoms with Crippen LogP contribution >= 0.6 is 0 Å². The predicted molar refractivity (Wildman–Crippen MR) is 114 cm³/mol. The van der Waals surface area contributed by atoms with Gasteiger partial charge in [-0.25, -0.2) is 0 Å². The van der Waals surface area contributed by atoms with Crippen molar-refractivity contribution in [1.82, 2.24) is 9.80 Å². The third kappa shape index (κ3) is 4.69. The van der Waals surface area contributed by atoms with Crippen LogP contribution in [0.3, 0.4) is 0 Å². The van der Waals surface area contributed by atoms with E-state index in [0.717, 1.165) is 44.8 Å². The first-order valence-corrected chi connectivity index (χ1v) is 10.2. The molecule has 1 heterocycles. The third-order valence-corrected chi connectivity index (χ3v) is 5.93. The summed E-state index contributed by atoms with van der Waals surface area (Å²) >= 11 is 0. The molecule has 0 saturated carbocycles. The average molecular weight is 381 g/mol. The van der Waals surface area contributed by atoms with E-state index in [0.29, 0.717) is 6.42 Å². The largest absolute Gasteiger partial charge is 0.379 e. The number of morpholine rings is 1. The molecule has 0 aliphatic carbocycles. The molecule has 1 fully saturated rings. The monoisotopic (exact) mass is 380 g/mol. The molecule has 3 rings (SSSR count). The van der Waals surface area contributed by atoms with Gasteiger partial charge in [0.1, 0.15) is 0 Å². The van der Waals surface area contributed by atoms with Gasteiger partial charge < -0.3 is 4.74 Å². The van der Waals surface area contributed by atoms with Crippen molar-refractivity contribution in [1.29, 1.82) is 0 Å². The van der Waals surface area contributed by atoms with Crippen molar-refractivity contribution in [3.05, 3.63) is 71.3 Å². The van der Waals surface area contributed by atoms with Gasteiger partial charge in [0, 0.05) is 25.2 Å². The molecule has 0 aromatic heterocycles. The van der Waals surface area contributed by atoms with Crippen molar-refractivity contribution in [2.24, 2.45) is 0 Å². The topological polar surface area (TPSA) is 32.8 Å². The van der Waals surface area contributed by atoms with Crippen LogP contribution in [-0.2, 0) is 17.7 Å². The van der Waals surface area contributed by atoms with Gasteiger partial charge in [-0.3, -0.25) is 14.6 Å². The maximum Gasteiger partial charge on any atom is 0.183 e. The Morgan fingerprint density at radius 2 is 1.64 bits per heavy atom. The van der Waals surface area contributed by atoms with E-state index >= 15 is 0 Å². The van der Waals surface area contributed by atoms with Crippen molar-refractivity contribution in [2.45, 2.75) is 31.8 Å². The smallest absolute Gasteiger partial charge is 0.183 e. The van der Waals surface area contributed by atoms with E-state index in [-0.39, 0.29) is 5.78 Å². The van der Waals surface area contributed by atoms with Crippen LogP contribution in [0.2, 0.25) is 0 Å². The third-order valence-electron chi connectivity index (χ3n) is 5.93. The number of rotatable bonds is 8. The van der Waals surface area contributed by atoms with Crippen LogP contribution in [-0.4, -0.2) is 61.5 Å². The zero-order valence-electron chi connectivity index (χ0n) is 17.4. The maximum atomic E-state index is 13.6. The molecule has 4 heteroatoms. The highest BCUT2D eigenvalue weighted by Crippen LogP contribution is 2.28. The van der Waals surface area contributed by atoms with E-state index in [2.05, 4.69) is 41.0 Å². The van der Waals surface area contributed by atoms with Crippen molar-refractivity contribution < 1.29 is 9.53 Å². The molecule has 1 saturated heterocycles. The standard InChI is InChI=1S/C24H32N2O2/c1-4-24(25(2)3,18-20-8-6-5-7-9-20)23(27)22-12-10-21(11-13-22)19-26-14-16-28-17-15-26/h5-13H,4,14-19H2,1-3H3. The van der Waals surface area contributed by atoms with Crippen LogP contribution in [0.4, 0.5) is 0 Å². The first kappa shape index (κ1) is 20.7. The van der Waals surface area contributed by atoms with E-state index in [9.17, 15) is 4.79 Å². The maximum absolute atomic E-state index is 13.6. The van der Waals surface area contributed by atoms with E-state index < -0.39 is 5.54 Å². The van der Waals surface area contributed by atoms with Gasteiger partial charge in [0.2, 0.25) is 0 Å². The summed E-state index contributed by atoms with van der Waals surface area (Å²) < 4.78 is 5.42. The number of ketones is 1. The molecule has 1 aliphatic rings. The molecule has 0 amide bonds. The highest BCUT2D eigenvalue weighted by atomic mass is 16.5. The van der Waals surface area contributed by atoms with Gasteiger partial charge in [0.25, 0.3) is 0 Å². The number of ether oxygens (including phenoxy) is 1. The lowest BCUT2D eigenvalue weighted by Gasteiger charge is -2.38. The fourth-order valence-corrected chi connectivity index (χ4v) is 4.02. The highest BCUT2D eigenvalue weighted by molar-refractivity contribution is 6.03. The number of likely N-dealkylation sites (N-methyl/N-ethyl adjacent to an activating group) is 1. The fourth-order valence-electron chi connectivity index (χ4n) is 4.02. The molecular weight excluding hydrogens is 348 g/mol. The summed E-state index contributed by atoms with van der Waals surface area (Å²) in [4.78, 5) is 18.1. The second kappa shape index (κ2) is 9.46.